The van der Waals surface area contributed by atoms with E-state index < -0.39 is 35.6 Å². The monoisotopic (exact) mass is 501 g/mol. The molecule has 3 fully saturated rings. The fraction of sp³-hybridized carbons (Fsp3) is 0.864. The van der Waals surface area contributed by atoms with Gasteiger partial charge in [-0.25, -0.2) is 0 Å². The van der Waals surface area contributed by atoms with Crippen molar-refractivity contribution in [2.45, 2.75) is 81.5 Å². The van der Waals surface area contributed by atoms with E-state index >= 15 is 0 Å². The number of rotatable bonds is 10. The molecule has 3 N–H and O–H groups in total. The lowest BCUT2D eigenvalue weighted by molar-refractivity contribution is -0.146. The van der Waals surface area contributed by atoms with Crippen LogP contribution in [0.1, 0.15) is 52.9 Å². The number of alkyl halides is 1. The van der Waals surface area contributed by atoms with Crippen LogP contribution in [0.3, 0.4) is 0 Å². The van der Waals surface area contributed by atoms with Crippen molar-refractivity contribution in [2.75, 3.05) is 20.2 Å². The molecule has 0 radical (unpaired) electrons. The molecule has 3 aliphatic rings. The summed E-state index contributed by atoms with van der Waals surface area (Å²) < 4.78 is 6.38. The normalized spacial score (nSPS) is 34.9. The number of likely N-dealkylation sites (tertiary alicyclic amines) is 1. The van der Waals surface area contributed by atoms with Crippen LogP contribution in [0.4, 0.5) is 0 Å². The number of carbonyl (C=O) groups excluding carboxylic acids is 3. The Bertz CT molecular complexity index is 705. The lowest BCUT2D eigenvalue weighted by atomic mass is 9.70. The van der Waals surface area contributed by atoms with E-state index in [2.05, 4.69) is 33.5 Å². The van der Waals surface area contributed by atoms with Crippen LogP contribution in [0.5, 0.6) is 0 Å². The Morgan fingerprint density at radius 1 is 1.32 bits per heavy atom. The minimum Gasteiger partial charge on any atom is -0.394 e. The zero-order valence-corrected chi connectivity index (χ0v) is 20.5. The number of unbranched alkanes of at least 4 members (excludes halogenated alkanes) is 2. The first-order valence-electron chi connectivity index (χ1n) is 11.5. The smallest absolute Gasteiger partial charge is 0.245 e. The van der Waals surface area contributed by atoms with Crippen LogP contribution >= 0.6 is 15.9 Å². The van der Waals surface area contributed by atoms with Gasteiger partial charge in [0.2, 0.25) is 17.7 Å². The zero-order valence-electron chi connectivity index (χ0n) is 18.9. The van der Waals surface area contributed by atoms with Crippen molar-refractivity contribution in [3.8, 4) is 0 Å². The minimum atomic E-state index is -1.06. The molecule has 7 atom stereocenters. The molecule has 0 aromatic carbocycles. The lowest BCUT2D eigenvalue weighted by Gasteiger charge is -2.37. The van der Waals surface area contributed by atoms with E-state index in [9.17, 15) is 19.5 Å². The highest BCUT2D eigenvalue weighted by Gasteiger charge is 2.76. The van der Waals surface area contributed by atoms with Gasteiger partial charge in [-0.05, 0) is 25.2 Å². The first kappa shape index (κ1) is 24.5. The maximum Gasteiger partial charge on any atom is 0.245 e. The highest BCUT2D eigenvalue weighted by Crippen LogP contribution is 2.60. The van der Waals surface area contributed by atoms with Crippen molar-refractivity contribution in [1.82, 2.24) is 15.5 Å². The number of fused-ring (bicyclic) bond motifs is 1. The zero-order chi connectivity index (χ0) is 22.9. The number of aliphatic hydroxyl groups excluding tert-OH is 1. The van der Waals surface area contributed by atoms with Crippen LogP contribution in [0.15, 0.2) is 0 Å². The Balaban J connectivity index is 1.99. The fourth-order valence-corrected chi connectivity index (χ4v) is 6.67. The summed E-state index contributed by atoms with van der Waals surface area (Å²) in [4.78, 5) is 41.4. The van der Waals surface area contributed by atoms with Crippen LogP contribution in [0, 0.1) is 17.8 Å². The highest BCUT2D eigenvalue weighted by atomic mass is 79.9. The molecular weight excluding hydrogens is 466 g/mol. The molecule has 31 heavy (non-hydrogen) atoms. The maximum absolute atomic E-state index is 13.7. The molecule has 1 spiro atoms. The van der Waals surface area contributed by atoms with Gasteiger partial charge in [-0.3, -0.25) is 14.4 Å². The number of nitrogens with one attached hydrogen (secondary N) is 2. The molecule has 3 amide bonds. The summed E-state index contributed by atoms with van der Waals surface area (Å²) in [6.07, 6.45) is 3.50. The second kappa shape index (κ2) is 9.75. The van der Waals surface area contributed by atoms with Crippen LogP contribution in [-0.2, 0) is 19.1 Å². The quantitative estimate of drug-likeness (QED) is 0.307. The number of aliphatic hydroxyl groups is 1. The first-order chi connectivity index (χ1) is 14.7. The number of hydrogen-bond acceptors (Lipinski definition) is 5. The largest absolute Gasteiger partial charge is 0.394 e. The Kier molecular flexibility index (Phi) is 7.69. The van der Waals surface area contributed by atoms with Gasteiger partial charge in [0.15, 0.2) is 0 Å². The molecule has 3 rings (SSSR count). The van der Waals surface area contributed by atoms with Crippen molar-refractivity contribution in [1.29, 1.82) is 0 Å². The fourth-order valence-electron chi connectivity index (χ4n) is 5.73. The van der Waals surface area contributed by atoms with E-state index in [1.165, 1.54) is 4.90 Å². The molecule has 3 heterocycles. The van der Waals surface area contributed by atoms with E-state index in [1.54, 1.807) is 7.05 Å². The number of halogens is 1. The molecule has 0 aromatic heterocycles. The Morgan fingerprint density at radius 2 is 2.03 bits per heavy atom. The van der Waals surface area contributed by atoms with Crippen LogP contribution in [0.2, 0.25) is 0 Å². The Hall–Kier alpha value is -1.19. The molecule has 2 bridgehead atoms. The summed E-state index contributed by atoms with van der Waals surface area (Å²) in [5.74, 6) is -1.92. The number of ether oxygens (including phenoxy) is 1. The van der Waals surface area contributed by atoms with E-state index in [0.717, 1.165) is 19.3 Å². The molecule has 8 nitrogen and oxygen atoms in total. The SMILES string of the molecule is CCCCCNC(=O)C1N([C@@H](CO)CC(C)C)C(=O)[C@@H]2[C@H](C(=O)NC)[C@H]3OC12CC3Br. The van der Waals surface area contributed by atoms with Gasteiger partial charge in [-0.2, -0.15) is 0 Å². The highest BCUT2D eigenvalue weighted by molar-refractivity contribution is 9.09. The first-order valence-corrected chi connectivity index (χ1v) is 12.4. The van der Waals surface area contributed by atoms with Crippen LogP contribution in [-0.4, -0.2) is 76.5 Å². The third kappa shape index (κ3) is 4.13. The molecule has 0 aromatic rings. The number of hydrogen-bond donors (Lipinski definition) is 3. The predicted molar refractivity (Wildman–Crippen MR) is 119 cm³/mol. The molecule has 3 saturated heterocycles. The number of carbonyl (C=O) groups is 3. The molecule has 0 saturated carbocycles. The third-order valence-electron chi connectivity index (χ3n) is 6.95. The van der Waals surface area contributed by atoms with E-state index in [1.807, 2.05) is 13.8 Å². The topological polar surface area (TPSA) is 108 Å². The van der Waals surface area contributed by atoms with Crippen LogP contribution < -0.4 is 10.6 Å². The van der Waals surface area contributed by atoms with E-state index in [4.69, 9.17) is 4.74 Å². The van der Waals surface area contributed by atoms with Crippen molar-refractivity contribution < 1.29 is 24.2 Å². The van der Waals surface area contributed by atoms with Gasteiger partial charge in [0.25, 0.3) is 0 Å². The lowest BCUT2D eigenvalue weighted by Crippen LogP contribution is -2.58. The van der Waals surface area contributed by atoms with Gasteiger partial charge in [-0.1, -0.05) is 49.5 Å². The average Bonchev–Trinajstić information content (AvgIpc) is 3.32. The summed E-state index contributed by atoms with van der Waals surface area (Å²) in [6, 6.07) is -1.36. The standard InChI is InChI=1S/C22H36BrN3O5/c1-5-6-7-8-25-20(29)18-22-10-14(23)17(31-22)15(19(28)24-4)16(22)21(30)26(18)13(11-27)9-12(2)3/h12-18,27H,5-11H2,1-4H3,(H,24,28)(H,25,29)/t13-,14?,15+,16+,17+,18?,22?/m1/s1. The Morgan fingerprint density at radius 3 is 2.61 bits per heavy atom. The van der Waals surface area contributed by atoms with Gasteiger partial charge in [-0.15, -0.1) is 0 Å². The number of amides is 3. The molecule has 3 unspecified atom stereocenters. The van der Waals surface area contributed by atoms with Crippen molar-refractivity contribution >= 4 is 33.7 Å². The summed E-state index contributed by atoms with van der Waals surface area (Å²) in [5, 5.41) is 15.8. The van der Waals surface area contributed by atoms with Crippen LogP contribution in [0.25, 0.3) is 0 Å². The van der Waals surface area contributed by atoms with Gasteiger partial charge in [0.05, 0.1) is 30.6 Å². The second-order valence-electron chi connectivity index (χ2n) is 9.49. The van der Waals surface area contributed by atoms with Gasteiger partial charge >= 0.3 is 0 Å². The maximum atomic E-state index is 13.7. The molecule has 176 valence electrons. The van der Waals surface area contributed by atoms with Crippen molar-refractivity contribution in [3.63, 3.8) is 0 Å². The molecule has 0 aliphatic carbocycles. The summed E-state index contributed by atoms with van der Waals surface area (Å²) in [7, 11) is 1.55. The van der Waals surface area contributed by atoms with Gasteiger partial charge in [0.1, 0.15) is 11.6 Å². The van der Waals surface area contributed by atoms with Crippen molar-refractivity contribution in [3.05, 3.63) is 0 Å². The summed E-state index contributed by atoms with van der Waals surface area (Å²) >= 11 is 3.63. The van der Waals surface area contributed by atoms with E-state index in [-0.39, 0.29) is 35.1 Å². The third-order valence-corrected chi connectivity index (χ3v) is 7.80. The van der Waals surface area contributed by atoms with Crippen molar-refractivity contribution in [2.24, 2.45) is 17.8 Å². The predicted octanol–water partition coefficient (Wildman–Crippen LogP) is 1.19. The average molecular weight is 502 g/mol. The van der Waals surface area contributed by atoms with Gasteiger partial charge in [0, 0.05) is 18.4 Å². The molecule has 9 heteroatoms. The molecule has 3 aliphatic heterocycles. The number of nitrogens with zero attached hydrogens (tertiary/aromatic N) is 1. The summed E-state index contributed by atoms with van der Waals surface area (Å²) in [5.41, 5.74) is -1.06. The second-order valence-corrected chi connectivity index (χ2v) is 10.7. The van der Waals surface area contributed by atoms with Gasteiger partial charge < -0.3 is 25.4 Å². The minimum absolute atomic E-state index is 0.119. The molecular formula is C22H36BrN3O5. The Labute approximate surface area is 193 Å². The van der Waals surface area contributed by atoms with E-state index in [0.29, 0.717) is 19.4 Å². The summed E-state index contributed by atoms with van der Waals surface area (Å²) in [6.45, 7) is 6.43.